The number of para-hydroxylation sites is 1. The van der Waals surface area contributed by atoms with E-state index in [9.17, 15) is 4.79 Å². The van der Waals surface area contributed by atoms with Gasteiger partial charge in [-0.1, -0.05) is 36.4 Å². The van der Waals surface area contributed by atoms with Gasteiger partial charge in [-0.3, -0.25) is 4.79 Å². The minimum atomic E-state index is 0.0542. The Morgan fingerprint density at radius 1 is 0.964 bits per heavy atom. The van der Waals surface area contributed by atoms with Gasteiger partial charge in [0.15, 0.2) is 11.5 Å². The fourth-order valence-electron chi connectivity index (χ4n) is 3.57. The number of piperidine rings is 1. The Morgan fingerprint density at radius 3 is 2.21 bits per heavy atom. The SMILES string of the molecule is COc1cccc(OC)c1OC1CCN(C(=O)CCCc2ccccc2)CC1. The Labute approximate surface area is 167 Å². The zero-order chi connectivity index (χ0) is 19.8. The van der Waals surface area contributed by atoms with Gasteiger partial charge in [0.2, 0.25) is 11.7 Å². The second kappa shape index (κ2) is 10.0. The number of benzene rings is 2. The molecule has 0 aromatic heterocycles. The Bertz CT molecular complexity index is 732. The van der Waals surface area contributed by atoms with Gasteiger partial charge in [-0.05, 0) is 30.5 Å². The van der Waals surface area contributed by atoms with Crippen LogP contribution in [-0.4, -0.2) is 44.2 Å². The summed E-state index contributed by atoms with van der Waals surface area (Å²) >= 11 is 0. The predicted octanol–water partition coefficient (Wildman–Crippen LogP) is 4.10. The number of likely N-dealkylation sites (tertiary alicyclic amines) is 1. The molecule has 150 valence electrons. The molecule has 1 heterocycles. The summed E-state index contributed by atoms with van der Waals surface area (Å²) < 4.78 is 17.0. The van der Waals surface area contributed by atoms with Crippen LogP contribution in [0.15, 0.2) is 48.5 Å². The number of carbonyl (C=O) groups excluding carboxylic acids is 1. The molecule has 1 aliphatic heterocycles. The second-order valence-electron chi connectivity index (χ2n) is 7.03. The number of ether oxygens (including phenoxy) is 3. The van der Waals surface area contributed by atoms with Gasteiger partial charge in [-0.2, -0.15) is 0 Å². The molecule has 5 heteroatoms. The summed E-state index contributed by atoms with van der Waals surface area (Å²) in [5.41, 5.74) is 1.29. The van der Waals surface area contributed by atoms with Crippen LogP contribution in [0.25, 0.3) is 0 Å². The first kappa shape index (κ1) is 20.1. The maximum Gasteiger partial charge on any atom is 0.222 e. The highest BCUT2D eigenvalue weighted by molar-refractivity contribution is 5.76. The number of methoxy groups -OCH3 is 2. The van der Waals surface area contributed by atoms with Crippen molar-refractivity contribution in [3.05, 3.63) is 54.1 Å². The van der Waals surface area contributed by atoms with E-state index in [-0.39, 0.29) is 12.0 Å². The molecule has 0 radical (unpaired) electrons. The molecule has 0 aliphatic carbocycles. The molecule has 0 saturated carbocycles. The smallest absolute Gasteiger partial charge is 0.222 e. The van der Waals surface area contributed by atoms with Crippen molar-refractivity contribution in [1.82, 2.24) is 4.90 Å². The lowest BCUT2D eigenvalue weighted by Gasteiger charge is -2.32. The fourth-order valence-corrected chi connectivity index (χ4v) is 3.57. The molecule has 2 aromatic rings. The molecule has 2 aromatic carbocycles. The zero-order valence-electron chi connectivity index (χ0n) is 16.7. The molecule has 0 atom stereocenters. The summed E-state index contributed by atoms with van der Waals surface area (Å²) in [6, 6.07) is 15.9. The minimum absolute atomic E-state index is 0.0542. The number of amides is 1. The maximum atomic E-state index is 12.5. The van der Waals surface area contributed by atoms with Crippen LogP contribution >= 0.6 is 0 Å². The van der Waals surface area contributed by atoms with Crippen molar-refractivity contribution in [2.24, 2.45) is 0 Å². The highest BCUT2D eigenvalue weighted by Gasteiger charge is 2.25. The zero-order valence-corrected chi connectivity index (χ0v) is 16.7. The molecular formula is C23H29NO4. The number of rotatable bonds is 8. The van der Waals surface area contributed by atoms with E-state index >= 15 is 0 Å². The highest BCUT2D eigenvalue weighted by Crippen LogP contribution is 2.38. The number of nitrogens with zero attached hydrogens (tertiary/aromatic N) is 1. The quantitative estimate of drug-likeness (QED) is 0.689. The predicted molar refractivity (Wildman–Crippen MR) is 109 cm³/mol. The van der Waals surface area contributed by atoms with Crippen LogP contribution in [-0.2, 0) is 11.2 Å². The van der Waals surface area contributed by atoms with Gasteiger partial charge in [0, 0.05) is 32.4 Å². The second-order valence-corrected chi connectivity index (χ2v) is 7.03. The van der Waals surface area contributed by atoms with E-state index in [4.69, 9.17) is 14.2 Å². The lowest BCUT2D eigenvalue weighted by atomic mass is 10.1. The molecular weight excluding hydrogens is 354 g/mol. The van der Waals surface area contributed by atoms with Crippen molar-refractivity contribution < 1.29 is 19.0 Å². The Hall–Kier alpha value is -2.69. The van der Waals surface area contributed by atoms with E-state index in [1.165, 1.54) is 5.56 Å². The number of carbonyl (C=O) groups is 1. The maximum absolute atomic E-state index is 12.5. The fraction of sp³-hybridized carbons (Fsp3) is 0.435. The van der Waals surface area contributed by atoms with Gasteiger partial charge in [0.1, 0.15) is 6.10 Å². The number of hydrogen-bond donors (Lipinski definition) is 0. The molecule has 0 bridgehead atoms. The van der Waals surface area contributed by atoms with Crippen LogP contribution in [0.5, 0.6) is 17.2 Å². The summed E-state index contributed by atoms with van der Waals surface area (Å²) in [7, 11) is 3.25. The largest absolute Gasteiger partial charge is 0.493 e. The summed E-state index contributed by atoms with van der Waals surface area (Å²) in [4.78, 5) is 14.5. The highest BCUT2D eigenvalue weighted by atomic mass is 16.5. The van der Waals surface area contributed by atoms with Crippen molar-refractivity contribution in [1.29, 1.82) is 0 Å². The molecule has 5 nitrogen and oxygen atoms in total. The molecule has 0 spiro atoms. The summed E-state index contributed by atoms with van der Waals surface area (Å²) in [6.45, 7) is 1.46. The Kier molecular flexibility index (Phi) is 7.18. The monoisotopic (exact) mass is 383 g/mol. The van der Waals surface area contributed by atoms with Crippen LogP contribution in [0.1, 0.15) is 31.2 Å². The average molecular weight is 383 g/mol. The van der Waals surface area contributed by atoms with E-state index < -0.39 is 0 Å². The average Bonchev–Trinajstić information content (AvgIpc) is 2.75. The van der Waals surface area contributed by atoms with Crippen molar-refractivity contribution >= 4 is 5.91 Å². The van der Waals surface area contributed by atoms with E-state index in [0.717, 1.165) is 38.8 Å². The third-order valence-electron chi connectivity index (χ3n) is 5.16. The van der Waals surface area contributed by atoms with Gasteiger partial charge in [-0.25, -0.2) is 0 Å². The van der Waals surface area contributed by atoms with Crippen LogP contribution in [0.3, 0.4) is 0 Å². The summed E-state index contributed by atoms with van der Waals surface area (Å²) in [6.07, 6.45) is 4.11. The molecule has 1 saturated heterocycles. The third-order valence-corrected chi connectivity index (χ3v) is 5.16. The molecule has 28 heavy (non-hydrogen) atoms. The molecule has 0 unspecified atom stereocenters. The van der Waals surface area contributed by atoms with Crippen LogP contribution in [0, 0.1) is 0 Å². The molecule has 1 fully saturated rings. The first-order chi connectivity index (χ1) is 13.7. The Morgan fingerprint density at radius 2 is 1.61 bits per heavy atom. The van der Waals surface area contributed by atoms with Crippen molar-refractivity contribution in [2.45, 2.75) is 38.2 Å². The number of hydrogen-bond acceptors (Lipinski definition) is 4. The van der Waals surface area contributed by atoms with E-state index in [1.54, 1.807) is 14.2 Å². The standard InChI is InChI=1S/C23H29NO4/c1-26-20-11-7-12-21(27-2)23(20)28-19-14-16-24(17-15-19)22(25)13-6-10-18-8-4-3-5-9-18/h3-5,7-9,11-12,19H,6,10,13-17H2,1-2H3. The van der Waals surface area contributed by atoms with Crippen molar-refractivity contribution in [2.75, 3.05) is 27.3 Å². The summed E-state index contributed by atoms with van der Waals surface area (Å²) in [5.74, 6) is 2.21. The molecule has 3 rings (SSSR count). The van der Waals surface area contributed by atoms with E-state index in [2.05, 4.69) is 12.1 Å². The van der Waals surface area contributed by atoms with Gasteiger partial charge < -0.3 is 19.1 Å². The van der Waals surface area contributed by atoms with E-state index in [0.29, 0.717) is 23.7 Å². The first-order valence-corrected chi connectivity index (χ1v) is 9.90. The van der Waals surface area contributed by atoms with Crippen LogP contribution in [0.4, 0.5) is 0 Å². The van der Waals surface area contributed by atoms with Crippen molar-refractivity contribution in [3.8, 4) is 17.2 Å². The van der Waals surface area contributed by atoms with Crippen molar-refractivity contribution in [3.63, 3.8) is 0 Å². The molecule has 0 N–H and O–H groups in total. The van der Waals surface area contributed by atoms with Gasteiger partial charge >= 0.3 is 0 Å². The molecule has 1 amide bonds. The molecule has 1 aliphatic rings. The normalized spacial score (nSPS) is 14.6. The van der Waals surface area contributed by atoms with Gasteiger partial charge in [0.25, 0.3) is 0 Å². The van der Waals surface area contributed by atoms with E-state index in [1.807, 2.05) is 41.3 Å². The topological polar surface area (TPSA) is 48.0 Å². The first-order valence-electron chi connectivity index (χ1n) is 9.90. The van der Waals surface area contributed by atoms with Crippen LogP contribution < -0.4 is 14.2 Å². The summed E-state index contributed by atoms with van der Waals surface area (Å²) in [5, 5.41) is 0. The van der Waals surface area contributed by atoms with Gasteiger partial charge in [-0.15, -0.1) is 0 Å². The lowest BCUT2D eigenvalue weighted by Crippen LogP contribution is -2.41. The number of aryl methyl sites for hydroxylation is 1. The van der Waals surface area contributed by atoms with Gasteiger partial charge in [0.05, 0.1) is 14.2 Å². The third kappa shape index (κ3) is 5.18. The minimum Gasteiger partial charge on any atom is -0.493 e. The Balaban J connectivity index is 1.46. The van der Waals surface area contributed by atoms with Crippen LogP contribution in [0.2, 0.25) is 0 Å². The lowest BCUT2D eigenvalue weighted by molar-refractivity contribution is -0.133.